The minimum Gasteiger partial charge on any atom is -0.394 e. The lowest BCUT2D eigenvalue weighted by molar-refractivity contribution is -0.138. The van der Waals surface area contributed by atoms with Gasteiger partial charge in [-0.3, -0.25) is 9.59 Å². The fourth-order valence-corrected chi connectivity index (χ4v) is 3.28. The number of carbonyl (C=O) groups excluding carboxylic acids is 2. The van der Waals surface area contributed by atoms with Gasteiger partial charge in [0.15, 0.2) is 0 Å². The van der Waals surface area contributed by atoms with Crippen molar-refractivity contribution in [3.8, 4) is 0 Å². The number of rotatable bonds is 5. The Morgan fingerprint density at radius 3 is 2.42 bits per heavy atom. The number of amides is 2. The van der Waals surface area contributed by atoms with Crippen molar-refractivity contribution in [3.05, 3.63) is 71.3 Å². The third kappa shape index (κ3) is 3.94. The van der Waals surface area contributed by atoms with Crippen molar-refractivity contribution < 1.29 is 14.7 Å². The second kappa shape index (κ2) is 8.15. The molecule has 2 aromatic carbocycles. The van der Waals surface area contributed by atoms with Crippen molar-refractivity contribution >= 4 is 11.8 Å². The summed E-state index contributed by atoms with van der Waals surface area (Å²) < 4.78 is 0. The molecule has 1 aliphatic rings. The molecule has 0 spiro atoms. The van der Waals surface area contributed by atoms with E-state index in [0.717, 1.165) is 17.5 Å². The molecular formula is C21H24N2O3. The molecule has 1 aliphatic heterocycles. The normalized spacial score (nSPS) is 15.7. The highest BCUT2D eigenvalue weighted by molar-refractivity contribution is 5.90. The molecule has 2 atom stereocenters. The largest absolute Gasteiger partial charge is 0.394 e. The molecule has 1 heterocycles. The molecule has 0 radical (unpaired) electrons. The molecule has 5 nitrogen and oxygen atoms in total. The minimum atomic E-state index is -0.918. The summed E-state index contributed by atoms with van der Waals surface area (Å²) in [5.74, 6) is -0.892. The highest BCUT2D eigenvalue weighted by Gasteiger charge is 2.29. The van der Waals surface area contributed by atoms with Gasteiger partial charge in [0, 0.05) is 13.1 Å². The lowest BCUT2D eigenvalue weighted by Gasteiger charge is -2.32. The van der Waals surface area contributed by atoms with E-state index in [4.69, 9.17) is 0 Å². The Morgan fingerprint density at radius 1 is 1.08 bits per heavy atom. The van der Waals surface area contributed by atoms with Crippen LogP contribution in [0.5, 0.6) is 0 Å². The summed E-state index contributed by atoms with van der Waals surface area (Å²) in [6.45, 7) is 2.48. The van der Waals surface area contributed by atoms with Crippen LogP contribution in [0.25, 0.3) is 0 Å². The maximum absolute atomic E-state index is 12.8. The van der Waals surface area contributed by atoms with E-state index in [0.29, 0.717) is 13.1 Å². The molecule has 0 saturated heterocycles. The Balaban J connectivity index is 1.65. The Labute approximate surface area is 153 Å². The predicted molar refractivity (Wildman–Crippen MR) is 99.4 cm³/mol. The van der Waals surface area contributed by atoms with Gasteiger partial charge in [0.2, 0.25) is 11.8 Å². The van der Waals surface area contributed by atoms with E-state index in [9.17, 15) is 14.7 Å². The molecule has 26 heavy (non-hydrogen) atoms. The quantitative estimate of drug-likeness (QED) is 0.863. The Hall–Kier alpha value is -2.66. The number of hydrogen-bond donors (Lipinski definition) is 2. The molecule has 5 heteroatoms. The van der Waals surface area contributed by atoms with Crippen LogP contribution in [0.4, 0.5) is 0 Å². The van der Waals surface area contributed by atoms with E-state index in [-0.39, 0.29) is 17.7 Å². The monoisotopic (exact) mass is 352 g/mol. The van der Waals surface area contributed by atoms with Gasteiger partial charge in [-0.05, 0) is 30.0 Å². The van der Waals surface area contributed by atoms with E-state index >= 15 is 0 Å². The fourth-order valence-electron chi connectivity index (χ4n) is 3.28. The van der Waals surface area contributed by atoms with Crippen molar-refractivity contribution in [2.75, 3.05) is 13.2 Å². The van der Waals surface area contributed by atoms with E-state index in [1.54, 1.807) is 11.8 Å². The fraction of sp³-hybridized carbons (Fsp3) is 0.333. The van der Waals surface area contributed by atoms with Crippen molar-refractivity contribution in [1.82, 2.24) is 10.2 Å². The lowest BCUT2D eigenvalue weighted by Crippen LogP contribution is -2.52. The van der Waals surface area contributed by atoms with Gasteiger partial charge in [-0.2, -0.15) is 0 Å². The molecule has 0 fully saturated rings. The molecular weight excluding hydrogens is 328 g/mol. The molecule has 0 aliphatic carbocycles. The van der Waals surface area contributed by atoms with E-state index in [1.165, 1.54) is 5.56 Å². The third-order valence-corrected chi connectivity index (χ3v) is 4.93. The summed E-state index contributed by atoms with van der Waals surface area (Å²) in [6.07, 6.45) is 0.786. The van der Waals surface area contributed by atoms with Gasteiger partial charge in [0.05, 0.1) is 12.5 Å². The van der Waals surface area contributed by atoms with Crippen LogP contribution in [0.15, 0.2) is 54.6 Å². The van der Waals surface area contributed by atoms with Gasteiger partial charge in [-0.15, -0.1) is 0 Å². The van der Waals surface area contributed by atoms with Gasteiger partial charge in [0.25, 0.3) is 0 Å². The van der Waals surface area contributed by atoms with Crippen molar-refractivity contribution in [2.45, 2.75) is 31.8 Å². The average molecular weight is 352 g/mol. The minimum absolute atomic E-state index is 0.240. The number of benzene rings is 2. The van der Waals surface area contributed by atoms with Crippen LogP contribution in [-0.2, 0) is 22.6 Å². The van der Waals surface area contributed by atoms with Gasteiger partial charge >= 0.3 is 0 Å². The molecule has 2 amide bonds. The van der Waals surface area contributed by atoms with Crippen LogP contribution in [0.1, 0.15) is 29.5 Å². The zero-order valence-electron chi connectivity index (χ0n) is 14.9. The van der Waals surface area contributed by atoms with Crippen LogP contribution in [-0.4, -0.2) is 41.0 Å². The van der Waals surface area contributed by atoms with Crippen LogP contribution in [0.3, 0.4) is 0 Å². The number of fused-ring (bicyclic) bond motifs is 1. The van der Waals surface area contributed by atoms with Crippen LogP contribution in [0, 0.1) is 0 Å². The van der Waals surface area contributed by atoms with Crippen LogP contribution < -0.4 is 5.32 Å². The maximum atomic E-state index is 12.8. The summed E-state index contributed by atoms with van der Waals surface area (Å²) in [6, 6.07) is 16.5. The second-order valence-electron chi connectivity index (χ2n) is 6.65. The Kier molecular flexibility index (Phi) is 5.68. The summed E-state index contributed by atoms with van der Waals surface area (Å²) in [5.41, 5.74) is 3.24. The standard InChI is InChI=1S/C21H24N2O3/c1-15(16-7-3-2-4-8-16)20(25)22-19(14-24)21(26)23-12-11-17-9-5-6-10-18(17)13-23/h2-10,15,19,24H,11-14H2,1H3,(H,22,25)/t15?,19-/m0/s1. The number of nitrogens with zero attached hydrogens (tertiary/aromatic N) is 1. The Morgan fingerprint density at radius 2 is 1.73 bits per heavy atom. The SMILES string of the molecule is CC(C(=O)N[C@@H](CO)C(=O)N1CCc2ccccc2C1)c1ccccc1. The molecule has 136 valence electrons. The van der Waals surface area contributed by atoms with Gasteiger partial charge < -0.3 is 15.3 Å². The molecule has 3 rings (SSSR count). The third-order valence-electron chi connectivity index (χ3n) is 4.93. The molecule has 2 N–H and O–H groups in total. The first-order valence-corrected chi connectivity index (χ1v) is 8.92. The molecule has 2 aromatic rings. The molecule has 0 bridgehead atoms. The first kappa shape index (κ1) is 18.1. The van der Waals surface area contributed by atoms with Crippen molar-refractivity contribution in [1.29, 1.82) is 0 Å². The lowest BCUT2D eigenvalue weighted by atomic mass is 9.98. The number of carbonyl (C=O) groups is 2. The smallest absolute Gasteiger partial charge is 0.247 e. The number of aliphatic hydroxyl groups is 1. The Bertz CT molecular complexity index is 776. The van der Waals surface area contributed by atoms with Crippen molar-refractivity contribution in [3.63, 3.8) is 0 Å². The first-order valence-electron chi connectivity index (χ1n) is 8.92. The summed E-state index contributed by atoms with van der Waals surface area (Å²) in [7, 11) is 0. The van der Waals surface area contributed by atoms with Crippen molar-refractivity contribution in [2.24, 2.45) is 0 Å². The van der Waals surface area contributed by atoms with Gasteiger partial charge in [-0.1, -0.05) is 54.6 Å². The highest BCUT2D eigenvalue weighted by Crippen LogP contribution is 2.19. The first-order chi connectivity index (χ1) is 12.6. The summed E-state index contributed by atoms with van der Waals surface area (Å²) in [5, 5.41) is 12.4. The zero-order chi connectivity index (χ0) is 18.5. The van der Waals surface area contributed by atoms with E-state index in [2.05, 4.69) is 11.4 Å². The number of nitrogens with one attached hydrogen (secondary N) is 1. The van der Waals surface area contributed by atoms with Gasteiger partial charge in [0.1, 0.15) is 6.04 Å². The second-order valence-corrected chi connectivity index (χ2v) is 6.65. The maximum Gasteiger partial charge on any atom is 0.247 e. The van der Waals surface area contributed by atoms with Crippen LogP contribution in [0.2, 0.25) is 0 Å². The zero-order valence-corrected chi connectivity index (χ0v) is 14.9. The summed E-state index contributed by atoms with van der Waals surface area (Å²) >= 11 is 0. The molecule has 0 saturated carbocycles. The number of hydrogen-bond acceptors (Lipinski definition) is 3. The topological polar surface area (TPSA) is 69.6 Å². The van der Waals surface area contributed by atoms with Gasteiger partial charge in [-0.25, -0.2) is 0 Å². The predicted octanol–water partition coefficient (Wildman–Crippen LogP) is 1.85. The van der Waals surface area contributed by atoms with Crippen LogP contribution >= 0.6 is 0 Å². The van der Waals surface area contributed by atoms with E-state index < -0.39 is 12.6 Å². The average Bonchev–Trinajstić information content (AvgIpc) is 2.71. The molecule has 0 aromatic heterocycles. The number of aliphatic hydroxyl groups excluding tert-OH is 1. The van der Waals surface area contributed by atoms with E-state index in [1.807, 2.05) is 48.5 Å². The highest BCUT2D eigenvalue weighted by atomic mass is 16.3. The summed E-state index contributed by atoms with van der Waals surface area (Å²) in [4.78, 5) is 27.0. The molecule has 1 unspecified atom stereocenters.